The van der Waals surface area contributed by atoms with Crippen LogP contribution in [0.5, 0.6) is 5.75 Å². The molecular weight excluding hydrogens is 202 g/mol. The van der Waals surface area contributed by atoms with Crippen molar-refractivity contribution in [3.05, 3.63) is 53.9 Å². The third kappa shape index (κ3) is 2.31. The van der Waals surface area contributed by atoms with Crippen LogP contribution in [0.25, 0.3) is 0 Å². The van der Waals surface area contributed by atoms with Crippen LogP contribution in [0.2, 0.25) is 0 Å². The minimum atomic E-state index is 0.697. The van der Waals surface area contributed by atoms with Crippen molar-refractivity contribution in [2.24, 2.45) is 0 Å². The molecule has 2 aromatic rings. The molecule has 0 atom stereocenters. The second-order valence-electron chi connectivity index (χ2n) is 3.59. The van der Waals surface area contributed by atoms with Gasteiger partial charge in [-0.2, -0.15) is 0 Å². The van der Waals surface area contributed by atoms with E-state index in [1.165, 1.54) is 0 Å². The number of benzene rings is 1. The van der Waals surface area contributed by atoms with E-state index in [2.05, 4.69) is 0 Å². The first-order valence-corrected chi connectivity index (χ1v) is 5.05. The summed E-state index contributed by atoms with van der Waals surface area (Å²) in [5.41, 5.74) is 1.84. The average molecular weight is 215 g/mol. The average Bonchev–Trinajstić information content (AvgIpc) is 2.77. The molecule has 0 spiro atoms. The van der Waals surface area contributed by atoms with Crippen molar-refractivity contribution >= 4 is 6.29 Å². The number of carbonyl (C=O) groups excluding carboxylic acids is 1. The molecule has 0 amide bonds. The Labute approximate surface area is 94.3 Å². The maximum atomic E-state index is 10.5. The molecule has 1 aromatic carbocycles. The highest BCUT2D eigenvalue weighted by atomic mass is 16.5. The van der Waals surface area contributed by atoms with Gasteiger partial charge in [-0.25, -0.2) is 0 Å². The zero-order valence-electron chi connectivity index (χ0n) is 9.09. The molecule has 2 rings (SSSR count). The smallest absolute Gasteiger partial charge is 0.151 e. The van der Waals surface area contributed by atoms with Crippen LogP contribution in [0.4, 0.5) is 0 Å². The van der Waals surface area contributed by atoms with Crippen molar-refractivity contribution in [1.29, 1.82) is 0 Å². The highest BCUT2D eigenvalue weighted by Crippen LogP contribution is 2.13. The standard InChI is InChI=1S/C13H13NO2/c1-16-13-4-2-3-11(7-13)8-14-6-5-12(9-14)10-15/h2-7,9-10H,8H2,1H3. The van der Waals surface area contributed by atoms with Crippen LogP contribution < -0.4 is 4.74 Å². The quantitative estimate of drug-likeness (QED) is 0.733. The summed E-state index contributed by atoms with van der Waals surface area (Å²) >= 11 is 0. The largest absolute Gasteiger partial charge is 0.497 e. The molecule has 0 aliphatic carbocycles. The topological polar surface area (TPSA) is 31.2 Å². The molecule has 1 heterocycles. The minimum absolute atomic E-state index is 0.697. The van der Waals surface area contributed by atoms with Crippen LogP contribution in [-0.4, -0.2) is 18.0 Å². The van der Waals surface area contributed by atoms with E-state index in [1.807, 2.05) is 41.2 Å². The highest BCUT2D eigenvalue weighted by molar-refractivity contribution is 5.74. The Morgan fingerprint density at radius 2 is 2.25 bits per heavy atom. The fourth-order valence-electron chi connectivity index (χ4n) is 1.61. The maximum absolute atomic E-state index is 10.5. The minimum Gasteiger partial charge on any atom is -0.497 e. The Hall–Kier alpha value is -2.03. The highest BCUT2D eigenvalue weighted by Gasteiger charge is 1.98. The van der Waals surface area contributed by atoms with Crippen LogP contribution in [-0.2, 0) is 6.54 Å². The summed E-state index contributed by atoms with van der Waals surface area (Å²) in [4.78, 5) is 10.5. The van der Waals surface area contributed by atoms with E-state index < -0.39 is 0 Å². The Morgan fingerprint density at radius 3 is 2.94 bits per heavy atom. The third-order valence-electron chi connectivity index (χ3n) is 2.41. The summed E-state index contributed by atoms with van der Waals surface area (Å²) in [6.07, 6.45) is 4.57. The molecule has 0 saturated heterocycles. The predicted octanol–water partition coefficient (Wildman–Crippen LogP) is 2.36. The lowest BCUT2D eigenvalue weighted by molar-refractivity contribution is 0.112. The SMILES string of the molecule is COc1cccc(Cn2ccc(C=O)c2)c1. The lowest BCUT2D eigenvalue weighted by atomic mass is 10.2. The molecule has 0 N–H and O–H groups in total. The molecule has 0 radical (unpaired) electrons. The first kappa shape index (κ1) is 10.5. The van der Waals surface area contributed by atoms with Crippen LogP contribution in [0.1, 0.15) is 15.9 Å². The lowest BCUT2D eigenvalue weighted by Crippen LogP contribution is -1.96. The van der Waals surface area contributed by atoms with E-state index in [9.17, 15) is 4.79 Å². The summed E-state index contributed by atoms with van der Waals surface area (Å²) in [5.74, 6) is 0.847. The fraction of sp³-hybridized carbons (Fsp3) is 0.154. The van der Waals surface area contributed by atoms with Crippen molar-refractivity contribution in [1.82, 2.24) is 4.57 Å². The molecule has 0 fully saturated rings. The molecule has 0 unspecified atom stereocenters. The normalized spacial score (nSPS) is 10.1. The number of hydrogen-bond donors (Lipinski definition) is 0. The van der Waals surface area contributed by atoms with E-state index in [-0.39, 0.29) is 0 Å². The summed E-state index contributed by atoms with van der Waals surface area (Å²) < 4.78 is 7.12. The third-order valence-corrected chi connectivity index (χ3v) is 2.41. The molecule has 0 aliphatic heterocycles. The Bertz CT molecular complexity index is 488. The molecule has 0 bridgehead atoms. The van der Waals surface area contributed by atoms with Gasteiger partial charge >= 0.3 is 0 Å². The van der Waals surface area contributed by atoms with E-state index >= 15 is 0 Å². The second kappa shape index (κ2) is 4.66. The van der Waals surface area contributed by atoms with E-state index in [1.54, 1.807) is 13.2 Å². The van der Waals surface area contributed by atoms with E-state index in [4.69, 9.17) is 4.74 Å². The Morgan fingerprint density at radius 1 is 1.38 bits per heavy atom. The molecule has 0 aliphatic rings. The van der Waals surface area contributed by atoms with Crippen molar-refractivity contribution in [3.63, 3.8) is 0 Å². The van der Waals surface area contributed by atoms with Crippen LogP contribution in [0.3, 0.4) is 0 Å². The number of nitrogens with zero attached hydrogens (tertiary/aromatic N) is 1. The van der Waals surface area contributed by atoms with Gasteiger partial charge in [0.15, 0.2) is 6.29 Å². The van der Waals surface area contributed by atoms with Gasteiger partial charge in [0.1, 0.15) is 5.75 Å². The fourth-order valence-corrected chi connectivity index (χ4v) is 1.61. The van der Waals surface area contributed by atoms with Crippen molar-refractivity contribution < 1.29 is 9.53 Å². The number of ether oxygens (including phenoxy) is 1. The van der Waals surface area contributed by atoms with Gasteiger partial charge in [-0.3, -0.25) is 4.79 Å². The van der Waals surface area contributed by atoms with Gasteiger partial charge < -0.3 is 9.30 Å². The van der Waals surface area contributed by atoms with Gasteiger partial charge in [-0.05, 0) is 23.8 Å². The summed E-state index contributed by atoms with van der Waals surface area (Å²) in [5, 5.41) is 0. The van der Waals surface area contributed by atoms with Gasteiger partial charge in [0.05, 0.1) is 7.11 Å². The van der Waals surface area contributed by atoms with Crippen molar-refractivity contribution in [2.45, 2.75) is 6.54 Å². The molecule has 16 heavy (non-hydrogen) atoms. The van der Waals surface area contributed by atoms with Gasteiger partial charge in [-0.15, -0.1) is 0 Å². The van der Waals surface area contributed by atoms with Gasteiger partial charge in [0.2, 0.25) is 0 Å². The van der Waals surface area contributed by atoms with Crippen LogP contribution in [0, 0.1) is 0 Å². The molecule has 3 heteroatoms. The molecule has 0 saturated carbocycles. The number of aldehydes is 1. The number of aromatic nitrogens is 1. The van der Waals surface area contributed by atoms with Gasteiger partial charge in [-0.1, -0.05) is 12.1 Å². The summed E-state index contributed by atoms with van der Waals surface area (Å²) in [6.45, 7) is 0.741. The predicted molar refractivity (Wildman–Crippen MR) is 61.9 cm³/mol. The number of hydrogen-bond acceptors (Lipinski definition) is 2. The summed E-state index contributed by atoms with van der Waals surface area (Å²) in [6, 6.07) is 9.69. The number of rotatable bonds is 4. The second-order valence-corrected chi connectivity index (χ2v) is 3.59. The Balaban J connectivity index is 2.16. The monoisotopic (exact) mass is 215 g/mol. The Kier molecular flexibility index (Phi) is 3.05. The number of carbonyl (C=O) groups is 1. The zero-order valence-corrected chi connectivity index (χ0v) is 9.09. The molecule has 3 nitrogen and oxygen atoms in total. The van der Waals surface area contributed by atoms with Crippen LogP contribution in [0.15, 0.2) is 42.7 Å². The van der Waals surface area contributed by atoms with E-state index in [0.717, 1.165) is 24.1 Å². The zero-order chi connectivity index (χ0) is 11.4. The van der Waals surface area contributed by atoms with E-state index in [0.29, 0.717) is 5.56 Å². The molecule has 1 aromatic heterocycles. The molecular formula is C13H13NO2. The summed E-state index contributed by atoms with van der Waals surface area (Å²) in [7, 11) is 1.65. The van der Waals surface area contributed by atoms with Crippen LogP contribution >= 0.6 is 0 Å². The van der Waals surface area contributed by atoms with Crippen molar-refractivity contribution in [2.75, 3.05) is 7.11 Å². The molecule has 82 valence electrons. The van der Waals surface area contributed by atoms with Gasteiger partial charge in [0, 0.05) is 24.5 Å². The lowest BCUT2D eigenvalue weighted by Gasteiger charge is -2.05. The maximum Gasteiger partial charge on any atom is 0.151 e. The van der Waals surface area contributed by atoms with Crippen molar-refractivity contribution in [3.8, 4) is 5.75 Å². The first-order chi connectivity index (χ1) is 7.81. The number of methoxy groups -OCH3 is 1. The van der Waals surface area contributed by atoms with Gasteiger partial charge in [0.25, 0.3) is 0 Å². The first-order valence-electron chi connectivity index (χ1n) is 5.05.